The smallest absolute Gasteiger partial charge is 0.275 e. The Morgan fingerprint density at radius 3 is 2.30 bits per heavy atom. The zero-order chi connectivity index (χ0) is 18.6. The number of hydrazine groups is 1. The molecule has 2 atom stereocenters. The van der Waals surface area contributed by atoms with Crippen LogP contribution in [0.25, 0.3) is 0 Å². The van der Waals surface area contributed by atoms with Crippen LogP contribution in [0.2, 0.25) is 0 Å². The third-order valence-corrected chi connectivity index (χ3v) is 5.11. The van der Waals surface area contributed by atoms with Gasteiger partial charge in [-0.1, -0.05) is 42.8 Å². The van der Waals surface area contributed by atoms with Crippen LogP contribution >= 0.6 is 0 Å². The van der Waals surface area contributed by atoms with Gasteiger partial charge in [0.2, 0.25) is 0 Å². The van der Waals surface area contributed by atoms with Crippen LogP contribution in [-0.2, 0) is 0 Å². The van der Waals surface area contributed by atoms with Crippen molar-refractivity contribution < 1.29 is 9.59 Å². The SMILES string of the molecule is O=C(NNC1C2CCCCC2=NN1C(=O)c1ccccc1)c1ccccc1. The Labute approximate surface area is 158 Å². The van der Waals surface area contributed by atoms with Gasteiger partial charge in [-0.2, -0.15) is 5.10 Å². The zero-order valence-corrected chi connectivity index (χ0v) is 15.0. The van der Waals surface area contributed by atoms with Crippen LogP contribution in [0, 0.1) is 5.92 Å². The van der Waals surface area contributed by atoms with Crippen molar-refractivity contribution in [2.45, 2.75) is 31.8 Å². The molecule has 6 heteroatoms. The first-order valence-corrected chi connectivity index (χ1v) is 9.31. The van der Waals surface area contributed by atoms with Gasteiger partial charge in [-0.15, -0.1) is 0 Å². The van der Waals surface area contributed by atoms with Crippen LogP contribution in [0.4, 0.5) is 0 Å². The Bertz CT molecular complexity index is 851. The van der Waals surface area contributed by atoms with Crippen molar-refractivity contribution in [1.82, 2.24) is 15.9 Å². The summed E-state index contributed by atoms with van der Waals surface area (Å²) in [5.41, 5.74) is 8.01. The molecule has 1 heterocycles. The lowest BCUT2D eigenvalue weighted by Crippen LogP contribution is -2.55. The largest absolute Gasteiger partial charge is 0.285 e. The lowest BCUT2D eigenvalue weighted by atomic mass is 9.86. The molecule has 138 valence electrons. The molecule has 2 N–H and O–H groups in total. The van der Waals surface area contributed by atoms with E-state index in [1.165, 1.54) is 5.01 Å². The molecule has 0 saturated heterocycles. The molecule has 1 fully saturated rings. The number of hydrogen-bond acceptors (Lipinski definition) is 4. The molecule has 27 heavy (non-hydrogen) atoms. The number of benzene rings is 2. The molecule has 0 radical (unpaired) electrons. The van der Waals surface area contributed by atoms with E-state index >= 15 is 0 Å². The second kappa shape index (κ2) is 7.72. The third-order valence-electron chi connectivity index (χ3n) is 5.11. The van der Waals surface area contributed by atoms with Crippen LogP contribution in [0.3, 0.4) is 0 Å². The van der Waals surface area contributed by atoms with Gasteiger partial charge in [0.15, 0.2) is 0 Å². The predicted octanol–water partition coefficient (Wildman–Crippen LogP) is 2.95. The van der Waals surface area contributed by atoms with Gasteiger partial charge in [-0.25, -0.2) is 10.4 Å². The summed E-state index contributed by atoms with van der Waals surface area (Å²) in [5.74, 6) is -0.265. The van der Waals surface area contributed by atoms with E-state index in [4.69, 9.17) is 0 Å². The molecule has 4 rings (SSSR count). The quantitative estimate of drug-likeness (QED) is 0.822. The minimum Gasteiger partial charge on any atom is -0.285 e. The summed E-state index contributed by atoms with van der Waals surface area (Å²) in [5, 5.41) is 6.10. The zero-order valence-electron chi connectivity index (χ0n) is 15.0. The van der Waals surface area contributed by atoms with Gasteiger partial charge in [-0.3, -0.25) is 15.0 Å². The van der Waals surface area contributed by atoms with Crippen molar-refractivity contribution in [2.75, 3.05) is 0 Å². The van der Waals surface area contributed by atoms with Crippen molar-refractivity contribution in [3.63, 3.8) is 0 Å². The summed E-state index contributed by atoms with van der Waals surface area (Å²) in [7, 11) is 0. The monoisotopic (exact) mass is 362 g/mol. The van der Waals surface area contributed by atoms with Gasteiger partial charge in [-0.05, 0) is 43.5 Å². The highest BCUT2D eigenvalue weighted by molar-refractivity contribution is 5.99. The number of amides is 2. The van der Waals surface area contributed by atoms with Crippen molar-refractivity contribution in [3.05, 3.63) is 71.8 Å². The molecule has 0 bridgehead atoms. The van der Waals surface area contributed by atoms with E-state index in [2.05, 4.69) is 16.0 Å². The van der Waals surface area contributed by atoms with Crippen molar-refractivity contribution in [2.24, 2.45) is 11.0 Å². The number of hydrazone groups is 1. The molecule has 0 aromatic heterocycles. The molecule has 2 aromatic rings. The minimum absolute atomic E-state index is 0.127. The van der Waals surface area contributed by atoms with Crippen LogP contribution in [0.5, 0.6) is 0 Å². The highest BCUT2D eigenvalue weighted by Crippen LogP contribution is 2.32. The number of fused-ring (bicyclic) bond motifs is 1. The molecule has 6 nitrogen and oxygen atoms in total. The van der Waals surface area contributed by atoms with Crippen LogP contribution in [0.1, 0.15) is 46.4 Å². The summed E-state index contributed by atoms with van der Waals surface area (Å²) < 4.78 is 0. The Morgan fingerprint density at radius 1 is 0.926 bits per heavy atom. The number of nitrogens with one attached hydrogen (secondary N) is 2. The molecule has 2 aromatic carbocycles. The van der Waals surface area contributed by atoms with Crippen LogP contribution in [0.15, 0.2) is 65.8 Å². The lowest BCUT2D eigenvalue weighted by molar-refractivity contribution is 0.0598. The number of hydrogen-bond donors (Lipinski definition) is 2. The molecule has 2 aliphatic rings. The lowest BCUT2D eigenvalue weighted by Gasteiger charge is -2.29. The van der Waals surface area contributed by atoms with Crippen LogP contribution in [-0.4, -0.2) is 28.7 Å². The fraction of sp³-hybridized carbons (Fsp3) is 0.286. The van der Waals surface area contributed by atoms with Gasteiger partial charge in [0.25, 0.3) is 11.8 Å². The van der Waals surface area contributed by atoms with Crippen molar-refractivity contribution in [1.29, 1.82) is 0 Å². The first kappa shape index (κ1) is 17.4. The van der Waals surface area contributed by atoms with E-state index in [1.807, 2.05) is 36.4 Å². The van der Waals surface area contributed by atoms with E-state index in [0.29, 0.717) is 11.1 Å². The first-order chi connectivity index (χ1) is 13.2. The summed E-state index contributed by atoms with van der Waals surface area (Å²) in [4.78, 5) is 25.4. The summed E-state index contributed by atoms with van der Waals surface area (Å²) in [6.45, 7) is 0. The van der Waals surface area contributed by atoms with E-state index in [0.717, 1.165) is 31.4 Å². The standard InChI is InChI=1S/C21H22N4O2/c26-20(15-9-3-1-4-10-15)23-22-19-17-13-7-8-14-18(17)24-25(19)21(27)16-11-5-2-6-12-16/h1-6,9-12,17,19,22H,7-8,13-14H2,(H,23,26). The number of nitrogens with zero attached hydrogens (tertiary/aromatic N) is 2. The second-order valence-electron chi connectivity index (χ2n) is 6.87. The van der Waals surface area contributed by atoms with E-state index < -0.39 is 0 Å². The van der Waals surface area contributed by atoms with Gasteiger partial charge in [0.05, 0.1) is 0 Å². The maximum atomic E-state index is 13.0. The van der Waals surface area contributed by atoms with Gasteiger partial charge in [0.1, 0.15) is 6.17 Å². The first-order valence-electron chi connectivity index (χ1n) is 9.31. The molecule has 1 aliphatic carbocycles. The van der Waals surface area contributed by atoms with E-state index in [1.54, 1.807) is 24.3 Å². The number of carbonyl (C=O) groups excluding carboxylic acids is 2. The Hall–Kier alpha value is -2.99. The second-order valence-corrected chi connectivity index (χ2v) is 6.87. The molecule has 1 saturated carbocycles. The molecular formula is C21H22N4O2. The fourth-order valence-corrected chi connectivity index (χ4v) is 3.71. The maximum Gasteiger partial charge on any atom is 0.275 e. The number of rotatable bonds is 4. The highest BCUT2D eigenvalue weighted by Gasteiger charge is 2.41. The third kappa shape index (κ3) is 3.61. The summed E-state index contributed by atoms with van der Waals surface area (Å²) in [6.07, 6.45) is 3.67. The fourth-order valence-electron chi connectivity index (χ4n) is 3.71. The molecule has 2 unspecified atom stereocenters. The van der Waals surface area contributed by atoms with E-state index in [9.17, 15) is 9.59 Å². The average molecular weight is 362 g/mol. The molecule has 2 amide bonds. The molecular weight excluding hydrogens is 340 g/mol. The van der Waals surface area contributed by atoms with Gasteiger partial charge >= 0.3 is 0 Å². The Morgan fingerprint density at radius 2 is 1.59 bits per heavy atom. The minimum atomic E-state index is -0.374. The highest BCUT2D eigenvalue weighted by atomic mass is 16.2. The normalized spacial score (nSPS) is 21.3. The van der Waals surface area contributed by atoms with Crippen LogP contribution < -0.4 is 10.9 Å². The number of carbonyl (C=O) groups is 2. The Kier molecular flexibility index (Phi) is 4.98. The van der Waals surface area contributed by atoms with E-state index in [-0.39, 0.29) is 23.9 Å². The van der Waals surface area contributed by atoms with Gasteiger partial charge < -0.3 is 0 Å². The topological polar surface area (TPSA) is 73.8 Å². The van der Waals surface area contributed by atoms with Crippen molar-refractivity contribution >= 4 is 17.5 Å². The van der Waals surface area contributed by atoms with Crippen molar-refractivity contribution in [3.8, 4) is 0 Å². The molecule has 0 spiro atoms. The maximum absolute atomic E-state index is 13.0. The Balaban J connectivity index is 1.52. The molecule has 1 aliphatic heterocycles. The van der Waals surface area contributed by atoms with Gasteiger partial charge in [0, 0.05) is 22.8 Å². The summed E-state index contributed by atoms with van der Waals surface area (Å²) >= 11 is 0. The summed E-state index contributed by atoms with van der Waals surface area (Å²) in [6, 6.07) is 18.1. The average Bonchev–Trinajstić information content (AvgIpc) is 3.11. The predicted molar refractivity (Wildman–Crippen MR) is 103 cm³/mol.